The lowest BCUT2D eigenvalue weighted by Gasteiger charge is -2.35. The quantitative estimate of drug-likeness (QED) is 0.913. The van der Waals surface area contributed by atoms with Crippen molar-refractivity contribution in [3.8, 4) is 0 Å². The Labute approximate surface area is 115 Å². The van der Waals surface area contributed by atoms with E-state index in [1.54, 1.807) is 0 Å². The van der Waals surface area contributed by atoms with Gasteiger partial charge in [0.05, 0.1) is 6.54 Å². The third-order valence-corrected chi connectivity index (χ3v) is 3.92. The smallest absolute Gasteiger partial charge is 0.158 e. The molecule has 0 aromatic heterocycles. The molecule has 1 aliphatic rings. The van der Waals surface area contributed by atoms with Gasteiger partial charge in [-0.15, -0.1) is 0 Å². The molecule has 0 spiro atoms. The van der Waals surface area contributed by atoms with E-state index in [0.717, 1.165) is 37.4 Å². The van der Waals surface area contributed by atoms with Crippen LogP contribution in [0.25, 0.3) is 0 Å². The van der Waals surface area contributed by atoms with Gasteiger partial charge < -0.3 is 14.4 Å². The Bertz CT molecular complexity index is 537. The van der Waals surface area contributed by atoms with Crippen LogP contribution < -0.4 is 4.90 Å². The Hall–Kier alpha value is -1.11. The van der Waals surface area contributed by atoms with Gasteiger partial charge in [-0.1, -0.05) is 18.2 Å². The van der Waals surface area contributed by atoms with E-state index in [9.17, 15) is 8.76 Å². The first-order chi connectivity index (χ1) is 8.96. The Kier molecular flexibility index (Phi) is 4.44. The van der Waals surface area contributed by atoms with Crippen LogP contribution in [-0.4, -0.2) is 53.1 Å². The fourth-order valence-corrected chi connectivity index (χ4v) is 2.57. The number of hydrogen-bond donors (Lipinski definition) is 1. The molecule has 1 aliphatic heterocycles. The van der Waals surface area contributed by atoms with Gasteiger partial charge in [-0.25, -0.2) is 8.57 Å². The lowest BCUT2D eigenvalue weighted by molar-refractivity contribution is 0.312. The maximum atomic E-state index is 11.3. The molecule has 0 amide bonds. The minimum atomic E-state index is -3.03. The summed E-state index contributed by atoms with van der Waals surface area (Å²) in [5, 5.41) is 0. The van der Waals surface area contributed by atoms with Gasteiger partial charge in [0.15, 0.2) is 10.0 Å². The summed E-state index contributed by atoms with van der Waals surface area (Å²) in [5.74, 6) is 0. The first kappa shape index (κ1) is 14.3. The fraction of sp³-hybridized carbons (Fsp3) is 0.538. The standard InChI is InChI=1S/C13H21N3O2S/c1-15-7-9-16(10-8-15)13-6-4-3-5-12(13)11-14-19(2,17)18/h3-6H,7-11H2,1-2H3,(H,14,17,18). The summed E-state index contributed by atoms with van der Waals surface area (Å²) >= 11 is 0. The number of nitrogens with zero attached hydrogens (tertiary/aromatic N) is 3. The van der Waals surface area contributed by atoms with E-state index >= 15 is 0 Å². The summed E-state index contributed by atoms with van der Waals surface area (Å²) in [4.78, 5) is 4.62. The van der Waals surface area contributed by atoms with Crippen molar-refractivity contribution >= 4 is 15.7 Å². The molecule has 2 rings (SSSR count). The Morgan fingerprint density at radius 3 is 2.53 bits per heavy atom. The topological polar surface area (TPSA) is 56.1 Å². The Morgan fingerprint density at radius 2 is 1.89 bits per heavy atom. The largest absolute Gasteiger partial charge is 0.369 e. The summed E-state index contributed by atoms with van der Waals surface area (Å²) in [7, 11) is -0.909. The highest BCUT2D eigenvalue weighted by Crippen LogP contribution is 2.22. The molecule has 1 N–H and O–H groups in total. The zero-order valence-electron chi connectivity index (χ0n) is 11.5. The van der Waals surface area contributed by atoms with Gasteiger partial charge in [0, 0.05) is 38.1 Å². The Morgan fingerprint density at radius 1 is 1.26 bits per heavy atom. The average Bonchev–Trinajstić information content (AvgIpc) is 2.37. The molecule has 1 fully saturated rings. The molecule has 1 atom stereocenters. The van der Waals surface area contributed by atoms with Crippen molar-refractivity contribution in [3.63, 3.8) is 0 Å². The third kappa shape index (κ3) is 4.19. The second kappa shape index (κ2) is 5.90. The van der Waals surface area contributed by atoms with Crippen LogP contribution in [0.5, 0.6) is 0 Å². The number of piperazine rings is 1. The zero-order valence-corrected chi connectivity index (χ0v) is 12.3. The van der Waals surface area contributed by atoms with Gasteiger partial charge in [-0.05, 0) is 18.7 Å². The molecular weight excluding hydrogens is 262 g/mol. The number of benzene rings is 1. The minimum Gasteiger partial charge on any atom is -0.369 e. The maximum Gasteiger partial charge on any atom is 0.158 e. The van der Waals surface area contributed by atoms with Crippen LogP contribution >= 0.6 is 0 Å². The van der Waals surface area contributed by atoms with Crippen molar-refractivity contribution in [2.75, 3.05) is 44.4 Å². The molecule has 1 aromatic rings. The highest BCUT2D eigenvalue weighted by Gasteiger charge is 2.16. The van der Waals surface area contributed by atoms with E-state index in [4.69, 9.17) is 0 Å². The second-order valence-corrected chi connectivity index (χ2v) is 6.75. The van der Waals surface area contributed by atoms with Crippen LogP contribution in [0.15, 0.2) is 28.6 Å². The molecular formula is C13H21N3O2S. The fourth-order valence-electron chi connectivity index (χ4n) is 2.19. The predicted molar refractivity (Wildman–Crippen MR) is 79.0 cm³/mol. The van der Waals surface area contributed by atoms with Gasteiger partial charge in [0.25, 0.3) is 0 Å². The average molecular weight is 283 g/mol. The number of likely N-dealkylation sites (N-methyl/N-ethyl adjacent to an activating group) is 1. The van der Waals surface area contributed by atoms with E-state index in [1.165, 1.54) is 6.26 Å². The van der Waals surface area contributed by atoms with E-state index < -0.39 is 10.0 Å². The van der Waals surface area contributed by atoms with Gasteiger partial charge in [0.1, 0.15) is 0 Å². The van der Waals surface area contributed by atoms with E-state index in [2.05, 4.69) is 27.3 Å². The second-order valence-electron chi connectivity index (χ2n) is 4.97. The van der Waals surface area contributed by atoms with Crippen LogP contribution in [0, 0.1) is 0 Å². The number of para-hydroxylation sites is 1. The Balaban J connectivity index is 2.19. The third-order valence-electron chi connectivity index (χ3n) is 3.31. The normalized spacial score (nSPS) is 20.1. The van der Waals surface area contributed by atoms with Crippen LogP contribution in [-0.2, 0) is 16.6 Å². The van der Waals surface area contributed by atoms with Crippen LogP contribution in [0.2, 0.25) is 0 Å². The minimum absolute atomic E-state index is 0.286. The van der Waals surface area contributed by atoms with Crippen LogP contribution in [0.4, 0.5) is 5.69 Å². The highest BCUT2D eigenvalue weighted by atomic mass is 32.2. The lowest BCUT2D eigenvalue weighted by atomic mass is 10.1. The van der Waals surface area contributed by atoms with Crippen LogP contribution in [0.1, 0.15) is 5.56 Å². The van der Waals surface area contributed by atoms with E-state index in [0.29, 0.717) is 0 Å². The molecule has 1 unspecified atom stereocenters. The predicted octanol–water partition coefficient (Wildman–Crippen LogP) is 1.51. The molecule has 0 aliphatic carbocycles. The van der Waals surface area contributed by atoms with Gasteiger partial charge in [-0.3, -0.25) is 0 Å². The number of rotatable bonds is 3. The summed E-state index contributed by atoms with van der Waals surface area (Å²) < 4.78 is 24.4. The molecule has 5 nitrogen and oxygen atoms in total. The van der Waals surface area contributed by atoms with Crippen molar-refractivity contribution in [1.29, 1.82) is 0 Å². The maximum absolute atomic E-state index is 11.3. The molecule has 106 valence electrons. The van der Waals surface area contributed by atoms with Crippen molar-refractivity contribution in [3.05, 3.63) is 29.8 Å². The van der Waals surface area contributed by atoms with Crippen molar-refractivity contribution in [1.82, 2.24) is 4.90 Å². The first-order valence-electron chi connectivity index (χ1n) is 6.37. The van der Waals surface area contributed by atoms with Gasteiger partial charge in [-0.2, -0.15) is 0 Å². The number of hydrogen-bond acceptors (Lipinski definition) is 4. The lowest BCUT2D eigenvalue weighted by Crippen LogP contribution is -2.44. The summed E-state index contributed by atoms with van der Waals surface area (Å²) in [6.07, 6.45) is 1.24. The highest BCUT2D eigenvalue weighted by molar-refractivity contribution is 7.87. The monoisotopic (exact) mass is 283 g/mol. The van der Waals surface area contributed by atoms with Gasteiger partial charge in [0.2, 0.25) is 0 Å². The molecule has 1 heterocycles. The molecule has 0 saturated carbocycles. The molecule has 19 heavy (non-hydrogen) atoms. The van der Waals surface area contributed by atoms with E-state index in [-0.39, 0.29) is 6.54 Å². The van der Waals surface area contributed by atoms with E-state index in [1.807, 2.05) is 18.2 Å². The van der Waals surface area contributed by atoms with Crippen molar-refractivity contribution < 1.29 is 8.76 Å². The number of anilines is 1. The zero-order chi connectivity index (χ0) is 13.9. The first-order valence-corrected chi connectivity index (χ1v) is 8.25. The summed E-state index contributed by atoms with van der Waals surface area (Å²) in [6.45, 7) is 4.32. The SMILES string of the molecule is CN1CCN(c2ccccc2CN=S(C)(=O)O)CC1. The summed E-state index contributed by atoms with van der Waals surface area (Å²) in [6, 6.07) is 7.98. The molecule has 1 aromatic carbocycles. The van der Waals surface area contributed by atoms with Crippen molar-refractivity contribution in [2.24, 2.45) is 4.36 Å². The molecule has 1 saturated heterocycles. The van der Waals surface area contributed by atoms with Crippen molar-refractivity contribution in [2.45, 2.75) is 6.54 Å². The summed E-state index contributed by atoms with van der Waals surface area (Å²) in [5.41, 5.74) is 2.14. The molecule has 0 bridgehead atoms. The molecule has 0 radical (unpaired) electrons. The van der Waals surface area contributed by atoms with Gasteiger partial charge >= 0.3 is 0 Å². The van der Waals surface area contributed by atoms with Crippen LogP contribution in [0.3, 0.4) is 0 Å². The molecule has 6 heteroatoms.